The predicted octanol–water partition coefficient (Wildman–Crippen LogP) is 4.34. The molecule has 192 valence electrons. The van der Waals surface area contributed by atoms with Crippen LogP contribution in [-0.2, 0) is 27.5 Å². The van der Waals surface area contributed by atoms with Crippen molar-refractivity contribution in [3.63, 3.8) is 0 Å². The van der Waals surface area contributed by atoms with Gasteiger partial charge in [-0.1, -0.05) is 18.2 Å². The Labute approximate surface area is 208 Å². The topological polar surface area (TPSA) is 75.5 Å². The predicted molar refractivity (Wildman–Crippen MR) is 128 cm³/mol. The van der Waals surface area contributed by atoms with Gasteiger partial charge in [0.25, 0.3) is 0 Å². The van der Waals surface area contributed by atoms with E-state index in [-0.39, 0.29) is 42.5 Å². The number of aromatic nitrogens is 2. The van der Waals surface area contributed by atoms with Crippen LogP contribution in [0.3, 0.4) is 0 Å². The lowest BCUT2D eigenvalue weighted by Gasteiger charge is -2.33. The summed E-state index contributed by atoms with van der Waals surface area (Å²) >= 11 is 0. The molecule has 1 aliphatic heterocycles. The van der Waals surface area contributed by atoms with Gasteiger partial charge in [0.15, 0.2) is 0 Å². The average molecular weight is 521 g/mol. The third kappa shape index (κ3) is 5.46. The van der Waals surface area contributed by atoms with Crippen molar-refractivity contribution in [1.82, 2.24) is 19.0 Å². The third-order valence-corrected chi connectivity index (χ3v) is 8.34. The third-order valence-electron chi connectivity index (χ3n) is 6.42. The molecule has 0 N–H and O–H groups in total. The first-order valence-electron chi connectivity index (χ1n) is 11.7. The Hall–Kier alpha value is -3.18. The number of halogens is 3. The van der Waals surface area contributed by atoms with Crippen LogP contribution >= 0.6 is 0 Å². The summed E-state index contributed by atoms with van der Waals surface area (Å²) in [5, 5.41) is 4.12. The van der Waals surface area contributed by atoms with Gasteiger partial charge in [0.05, 0.1) is 16.1 Å². The number of hydrogen-bond acceptors (Lipinski definition) is 4. The SMILES string of the molecule is CCN(Cc1ccccc1C(F)(F)F)C(=O)C1CCN(S(=O)(=O)c2ccc(-n3cccn3)cc2)CC1. The molecule has 4 rings (SSSR count). The molecule has 0 saturated carbocycles. The summed E-state index contributed by atoms with van der Waals surface area (Å²) in [6, 6.07) is 13.4. The van der Waals surface area contributed by atoms with Crippen molar-refractivity contribution in [3.05, 3.63) is 78.1 Å². The highest BCUT2D eigenvalue weighted by Crippen LogP contribution is 2.33. The van der Waals surface area contributed by atoms with Crippen LogP contribution in [0.2, 0.25) is 0 Å². The van der Waals surface area contributed by atoms with Gasteiger partial charge in [0.1, 0.15) is 0 Å². The molecule has 36 heavy (non-hydrogen) atoms. The number of carbonyl (C=O) groups excluding carboxylic acids is 1. The number of hydrogen-bond donors (Lipinski definition) is 0. The van der Waals surface area contributed by atoms with Gasteiger partial charge < -0.3 is 4.90 Å². The number of benzene rings is 2. The Morgan fingerprint density at radius 3 is 2.31 bits per heavy atom. The lowest BCUT2D eigenvalue weighted by Crippen LogP contribution is -2.44. The van der Waals surface area contributed by atoms with Crippen LogP contribution in [0.15, 0.2) is 71.9 Å². The van der Waals surface area contributed by atoms with Crippen molar-refractivity contribution < 1.29 is 26.4 Å². The fraction of sp³-hybridized carbons (Fsp3) is 0.360. The molecule has 2 aromatic carbocycles. The van der Waals surface area contributed by atoms with E-state index in [0.717, 1.165) is 11.8 Å². The van der Waals surface area contributed by atoms with Crippen molar-refractivity contribution in [2.45, 2.75) is 37.4 Å². The molecule has 7 nitrogen and oxygen atoms in total. The maximum Gasteiger partial charge on any atom is 0.416 e. The van der Waals surface area contributed by atoms with E-state index in [1.165, 1.54) is 39.5 Å². The summed E-state index contributed by atoms with van der Waals surface area (Å²) in [5.41, 5.74) is 0.0181. The molecule has 1 aromatic heterocycles. The zero-order valence-electron chi connectivity index (χ0n) is 19.7. The molecule has 1 amide bonds. The normalized spacial score (nSPS) is 15.7. The molecule has 1 saturated heterocycles. The summed E-state index contributed by atoms with van der Waals surface area (Å²) < 4.78 is 69.4. The van der Waals surface area contributed by atoms with Crippen LogP contribution in [0.4, 0.5) is 13.2 Å². The van der Waals surface area contributed by atoms with E-state index >= 15 is 0 Å². The Kier molecular flexibility index (Phi) is 7.51. The summed E-state index contributed by atoms with van der Waals surface area (Å²) in [4.78, 5) is 14.7. The Balaban J connectivity index is 1.40. The van der Waals surface area contributed by atoms with Crippen LogP contribution in [0, 0.1) is 5.92 Å². The number of carbonyl (C=O) groups is 1. The fourth-order valence-electron chi connectivity index (χ4n) is 4.43. The zero-order valence-corrected chi connectivity index (χ0v) is 20.5. The molecule has 0 atom stereocenters. The van der Waals surface area contributed by atoms with Crippen molar-refractivity contribution in [3.8, 4) is 5.69 Å². The van der Waals surface area contributed by atoms with Gasteiger partial charge in [-0.2, -0.15) is 22.6 Å². The van der Waals surface area contributed by atoms with Crippen molar-refractivity contribution in [1.29, 1.82) is 0 Å². The highest BCUT2D eigenvalue weighted by atomic mass is 32.2. The van der Waals surface area contributed by atoms with E-state index in [4.69, 9.17) is 0 Å². The van der Waals surface area contributed by atoms with Gasteiger partial charge >= 0.3 is 6.18 Å². The molecule has 0 aliphatic carbocycles. The standard InChI is InChI=1S/C25H27F3N4O3S/c1-2-30(18-20-6-3-4-7-23(20)25(26,27)28)24(33)19-12-16-31(17-13-19)36(34,35)22-10-8-21(9-11-22)32-15-5-14-29-32/h3-11,14-15,19H,2,12-13,16-18H2,1H3. The molecule has 0 unspecified atom stereocenters. The van der Waals surface area contributed by atoms with Crippen LogP contribution in [0.25, 0.3) is 5.69 Å². The number of piperidine rings is 1. The van der Waals surface area contributed by atoms with E-state index < -0.39 is 27.7 Å². The Bertz CT molecular complexity index is 1280. The molecule has 1 aliphatic rings. The number of amides is 1. The summed E-state index contributed by atoms with van der Waals surface area (Å²) in [6.45, 7) is 2.16. The van der Waals surface area contributed by atoms with Crippen LogP contribution in [0.1, 0.15) is 30.9 Å². The van der Waals surface area contributed by atoms with Gasteiger partial charge in [0, 0.05) is 44.5 Å². The minimum absolute atomic E-state index is 0.0405. The quantitative estimate of drug-likeness (QED) is 0.465. The maximum atomic E-state index is 13.4. The molecule has 2 heterocycles. The van der Waals surface area contributed by atoms with Crippen molar-refractivity contribution in [2.75, 3.05) is 19.6 Å². The first-order chi connectivity index (χ1) is 17.1. The molecule has 3 aromatic rings. The molecule has 0 bridgehead atoms. The van der Waals surface area contributed by atoms with E-state index in [1.807, 2.05) is 0 Å². The van der Waals surface area contributed by atoms with Crippen molar-refractivity contribution in [2.24, 2.45) is 5.92 Å². The first kappa shape index (κ1) is 25.9. The second kappa shape index (κ2) is 10.4. The van der Waals surface area contributed by atoms with Crippen LogP contribution in [0.5, 0.6) is 0 Å². The van der Waals surface area contributed by atoms with Crippen LogP contribution < -0.4 is 0 Å². The van der Waals surface area contributed by atoms with Gasteiger partial charge in [0.2, 0.25) is 15.9 Å². The van der Waals surface area contributed by atoms with Crippen LogP contribution in [-0.4, -0.2) is 52.9 Å². The molecule has 11 heteroatoms. The lowest BCUT2D eigenvalue weighted by atomic mass is 9.96. The van der Waals surface area contributed by atoms with Crippen molar-refractivity contribution >= 4 is 15.9 Å². The highest BCUT2D eigenvalue weighted by Gasteiger charge is 2.36. The number of alkyl halides is 3. The first-order valence-corrected chi connectivity index (χ1v) is 13.1. The lowest BCUT2D eigenvalue weighted by molar-refractivity contribution is -0.141. The Morgan fingerprint density at radius 2 is 1.72 bits per heavy atom. The fourth-order valence-corrected chi connectivity index (χ4v) is 5.90. The zero-order chi connectivity index (χ0) is 25.9. The van der Waals surface area contributed by atoms with Gasteiger partial charge in [-0.3, -0.25) is 4.79 Å². The minimum atomic E-state index is -4.50. The molecule has 1 fully saturated rings. The van der Waals surface area contributed by atoms with E-state index in [1.54, 1.807) is 42.2 Å². The van der Waals surface area contributed by atoms with Gasteiger partial charge in [-0.15, -0.1) is 0 Å². The average Bonchev–Trinajstić information content (AvgIpc) is 3.42. The minimum Gasteiger partial charge on any atom is -0.338 e. The number of nitrogens with zero attached hydrogens (tertiary/aromatic N) is 4. The summed E-state index contributed by atoms with van der Waals surface area (Å²) in [7, 11) is -3.74. The summed E-state index contributed by atoms with van der Waals surface area (Å²) in [6.07, 6.45) is -0.505. The maximum absolute atomic E-state index is 13.4. The smallest absolute Gasteiger partial charge is 0.338 e. The largest absolute Gasteiger partial charge is 0.416 e. The Morgan fingerprint density at radius 1 is 1.06 bits per heavy atom. The number of sulfonamides is 1. The second-order valence-corrected chi connectivity index (χ2v) is 10.6. The van der Waals surface area contributed by atoms with E-state index in [0.29, 0.717) is 12.8 Å². The molecule has 0 spiro atoms. The highest BCUT2D eigenvalue weighted by molar-refractivity contribution is 7.89. The molecular formula is C25H27F3N4O3S. The van der Waals surface area contributed by atoms with E-state index in [2.05, 4.69) is 5.10 Å². The second-order valence-electron chi connectivity index (χ2n) is 8.63. The van der Waals surface area contributed by atoms with E-state index in [9.17, 15) is 26.4 Å². The van der Waals surface area contributed by atoms with Gasteiger partial charge in [-0.05, 0) is 61.7 Å². The molecule has 0 radical (unpaired) electrons. The monoisotopic (exact) mass is 520 g/mol. The molecular weight excluding hydrogens is 493 g/mol. The summed E-state index contributed by atoms with van der Waals surface area (Å²) in [5.74, 6) is -0.702. The number of rotatable bonds is 7. The van der Waals surface area contributed by atoms with Gasteiger partial charge in [-0.25, -0.2) is 13.1 Å².